The highest BCUT2D eigenvalue weighted by Gasteiger charge is 2.25. The van der Waals surface area contributed by atoms with Gasteiger partial charge in [0.1, 0.15) is 0 Å². The van der Waals surface area contributed by atoms with Crippen molar-refractivity contribution in [2.45, 2.75) is 31.4 Å². The third-order valence-electron chi connectivity index (χ3n) is 3.03. The van der Waals surface area contributed by atoms with Crippen LogP contribution in [0.2, 0.25) is 10.0 Å². The number of halogens is 2. The van der Waals surface area contributed by atoms with Crippen molar-refractivity contribution in [2.75, 3.05) is 6.54 Å². The van der Waals surface area contributed by atoms with E-state index in [1.54, 1.807) is 18.2 Å². The molecule has 0 saturated carbocycles. The molecule has 1 aromatic carbocycles. The summed E-state index contributed by atoms with van der Waals surface area (Å²) in [6.45, 7) is 0.948. The Bertz CT molecular complexity index is 344. The van der Waals surface area contributed by atoms with Crippen LogP contribution in [0.4, 0.5) is 0 Å². The van der Waals surface area contributed by atoms with Gasteiger partial charge < -0.3 is 10.4 Å². The second-order valence-corrected chi connectivity index (χ2v) is 4.95. The molecule has 1 heterocycles. The van der Waals surface area contributed by atoms with Crippen LogP contribution in [-0.2, 0) is 0 Å². The van der Waals surface area contributed by atoms with Crippen molar-refractivity contribution in [1.82, 2.24) is 5.32 Å². The van der Waals surface area contributed by atoms with Crippen molar-refractivity contribution >= 4 is 23.2 Å². The van der Waals surface area contributed by atoms with E-state index in [9.17, 15) is 5.11 Å². The van der Waals surface area contributed by atoms with Crippen molar-refractivity contribution in [1.29, 1.82) is 0 Å². The standard InChI is InChI=1S/C12H15Cl2NO/c13-8-4-3-5-9(14)11(8)12(16)10-6-1-2-7-15-10/h3-5,10,12,15-16H,1-2,6-7H2/t10-,12-/m1/s1. The highest BCUT2D eigenvalue weighted by molar-refractivity contribution is 6.36. The van der Waals surface area contributed by atoms with E-state index in [4.69, 9.17) is 23.2 Å². The van der Waals surface area contributed by atoms with Gasteiger partial charge in [0.05, 0.1) is 6.10 Å². The number of piperidine rings is 1. The van der Waals surface area contributed by atoms with Gasteiger partial charge in [0.2, 0.25) is 0 Å². The van der Waals surface area contributed by atoms with Crippen LogP contribution >= 0.6 is 23.2 Å². The Labute approximate surface area is 106 Å². The third kappa shape index (κ3) is 2.51. The van der Waals surface area contributed by atoms with E-state index >= 15 is 0 Å². The van der Waals surface area contributed by atoms with Crippen LogP contribution < -0.4 is 5.32 Å². The molecular weight excluding hydrogens is 245 g/mol. The van der Waals surface area contributed by atoms with Crippen LogP contribution in [0, 0.1) is 0 Å². The summed E-state index contributed by atoms with van der Waals surface area (Å²) in [5.41, 5.74) is 0.644. The van der Waals surface area contributed by atoms with E-state index in [0.717, 1.165) is 19.4 Å². The van der Waals surface area contributed by atoms with Gasteiger partial charge in [0, 0.05) is 21.7 Å². The fraction of sp³-hybridized carbons (Fsp3) is 0.500. The highest BCUT2D eigenvalue weighted by Crippen LogP contribution is 2.33. The Kier molecular flexibility index (Phi) is 4.09. The predicted molar refractivity (Wildman–Crippen MR) is 67.1 cm³/mol. The largest absolute Gasteiger partial charge is 0.387 e. The van der Waals surface area contributed by atoms with Crippen LogP contribution in [-0.4, -0.2) is 17.7 Å². The maximum absolute atomic E-state index is 10.3. The van der Waals surface area contributed by atoms with E-state index in [-0.39, 0.29) is 6.04 Å². The van der Waals surface area contributed by atoms with Gasteiger partial charge in [-0.25, -0.2) is 0 Å². The first-order valence-corrected chi connectivity index (χ1v) is 6.31. The SMILES string of the molecule is O[C@@H](c1c(Cl)cccc1Cl)[C@H]1CCCCN1. The molecule has 2 atom stereocenters. The maximum Gasteiger partial charge on any atom is 0.0971 e. The number of rotatable bonds is 2. The Morgan fingerprint density at radius 2 is 1.94 bits per heavy atom. The van der Waals surface area contributed by atoms with Crippen LogP contribution in [0.3, 0.4) is 0 Å². The van der Waals surface area contributed by atoms with E-state index in [0.29, 0.717) is 15.6 Å². The first-order chi connectivity index (χ1) is 7.70. The molecule has 2 nitrogen and oxygen atoms in total. The molecule has 0 amide bonds. The lowest BCUT2D eigenvalue weighted by Gasteiger charge is -2.29. The van der Waals surface area contributed by atoms with Crippen LogP contribution in [0.15, 0.2) is 18.2 Å². The summed E-state index contributed by atoms with van der Waals surface area (Å²) in [4.78, 5) is 0. The second kappa shape index (κ2) is 5.37. The topological polar surface area (TPSA) is 32.3 Å². The maximum atomic E-state index is 10.3. The summed E-state index contributed by atoms with van der Waals surface area (Å²) < 4.78 is 0. The lowest BCUT2D eigenvalue weighted by atomic mass is 9.95. The summed E-state index contributed by atoms with van der Waals surface area (Å²) in [5, 5.41) is 14.6. The monoisotopic (exact) mass is 259 g/mol. The summed E-state index contributed by atoms with van der Waals surface area (Å²) in [6.07, 6.45) is 2.64. The molecule has 0 spiro atoms. The second-order valence-electron chi connectivity index (χ2n) is 4.14. The van der Waals surface area contributed by atoms with E-state index in [2.05, 4.69) is 5.32 Å². The van der Waals surface area contributed by atoms with E-state index < -0.39 is 6.10 Å². The average molecular weight is 260 g/mol. The van der Waals surface area contributed by atoms with Gasteiger partial charge in [0.25, 0.3) is 0 Å². The Balaban J connectivity index is 2.22. The first-order valence-electron chi connectivity index (χ1n) is 5.55. The van der Waals surface area contributed by atoms with Crippen LogP contribution in [0.5, 0.6) is 0 Å². The minimum atomic E-state index is -0.624. The van der Waals surface area contributed by atoms with Gasteiger partial charge in [-0.05, 0) is 31.5 Å². The molecule has 1 saturated heterocycles. The third-order valence-corrected chi connectivity index (χ3v) is 3.68. The fourth-order valence-corrected chi connectivity index (χ4v) is 2.76. The molecule has 2 N–H and O–H groups in total. The smallest absolute Gasteiger partial charge is 0.0971 e. The van der Waals surface area contributed by atoms with Crippen molar-refractivity contribution in [2.24, 2.45) is 0 Å². The van der Waals surface area contributed by atoms with Crippen molar-refractivity contribution in [3.05, 3.63) is 33.8 Å². The summed E-state index contributed by atoms with van der Waals surface area (Å²) >= 11 is 12.1. The minimum Gasteiger partial charge on any atom is -0.387 e. The minimum absolute atomic E-state index is 0.0612. The van der Waals surface area contributed by atoms with Gasteiger partial charge >= 0.3 is 0 Å². The number of hydrogen-bond donors (Lipinski definition) is 2. The van der Waals surface area contributed by atoms with Crippen molar-refractivity contribution in [3.8, 4) is 0 Å². The van der Waals surface area contributed by atoms with E-state index in [1.807, 2.05) is 0 Å². The van der Waals surface area contributed by atoms with Gasteiger partial charge in [-0.3, -0.25) is 0 Å². The average Bonchev–Trinajstić information content (AvgIpc) is 2.30. The molecule has 1 aromatic rings. The first kappa shape index (κ1) is 12.2. The molecule has 0 aromatic heterocycles. The molecule has 0 aliphatic carbocycles. The quantitative estimate of drug-likeness (QED) is 0.856. The molecule has 4 heteroatoms. The molecular formula is C12H15Cl2NO. The summed E-state index contributed by atoms with van der Waals surface area (Å²) in [5.74, 6) is 0. The molecule has 16 heavy (non-hydrogen) atoms. The molecule has 2 rings (SSSR count). The van der Waals surface area contributed by atoms with Gasteiger partial charge in [-0.15, -0.1) is 0 Å². The summed E-state index contributed by atoms with van der Waals surface area (Å²) in [6, 6.07) is 5.37. The molecule has 0 radical (unpaired) electrons. The molecule has 1 fully saturated rings. The number of aliphatic hydroxyl groups excluding tert-OH is 1. The zero-order valence-corrected chi connectivity index (χ0v) is 10.4. The van der Waals surface area contributed by atoms with Crippen LogP contribution in [0.25, 0.3) is 0 Å². The Morgan fingerprint density at radius 1 is 1.25 bits per heavy atom. The predicted octanol–water partition coefficient (Wildman–Crippen LogP) is 3.17. The molecule has 0 unspecified atom stereocenters. The number of hydrogen-bond acceptors (Lipinski definition) is 2. The van der Waals surface area contributed by atoms with Gasteiger partial charge in [-0.2, -0.15) is 0 Å². The lowest BCUT2D eigenvalue weighted by Crippen LogP contribution is -2.39. The fourth-order valence-electron chi connectivity index (χ4n) is 2.14. The number of nitrogens with one attached hydrogen (secondary N) is 1. The lowest BCUT2D eigenvalue weighted by molar-refractivity contribution is 0.114. The van der Waals surface area contributed by atoms with Crippen molar-refractivity contribution in [3.63, 3.8) is 0 Å². The van der Waals surface area contributed by atoms with Crippen molar-refractivity contribution < 1.29 is 5.11 Å². The zero-order chi connectivity index (χ0) is 11.5. The molecule has 0 bridgehead atoms. The molecule has 88 valence electrons. The van der Waals surface area contributed by atoms with Crippen LogP contribution in [0.1, 0.15) is 30.9 Å². The normalized spacial score (nSPS) is 23.1. The summed E-state index contributed by atoms with van der Waals surface area (Å²) in [7, 11) is 0. The van der Waals surface area contributed by atoms with Gasteiger partial charge in [-0.1, -0.05) is 35.7 Å². The van der Waals surface area contributed by atoms with Gasteiger partial charge in [0.15, 0.2) is 0 Å². The Hall–Kier alpha value is -0.280. The Morgan fingerprint density at radius 3 is 2.50 bits per heavy atom. The highest BCUT2D eigenvalue weighted by atomic mass is 35.5. The number of benzene rings is 1. The zero-order valence-electron chi connectivity index (χ0n) is 8.92. The number of aliphatic hydroxyl groups is 1. The van der Waals surface area contributed by atoms with E-state index in [1.165, 1.54) is 6.42 Å². The molecule has 1 aliphatic rings. The molecule has 1 aliphatic heterocycles.